The fourth-order valence-electron chi connectivity index (χ4n) is 2.64. The Hall–Kier alpha value is -1.14. The molecule has 6 heteroatoms. The second-order valence-corrected chi connectivity index (χ2v) is 6.50. The van der Waals surface area contributed by atoms with E-state index in [1.165, 1.54) is 12.1 Å². The van der Waals surface area contributed by atoms with Crippen LogP contribution in [0.3, 0.4) is 0 Å². The molecular formula is C16H22BrFN2O2. The third-order valence-corrected chi connectivity index (χ3v) is 4.51. The number of likely N-dealkylation sites (tertiary alicyclic amines) is 1. The number of amides is 1. The van der Waals surface area contributed by atoms with Gasteiger partial charge < -0.3 is 15.0 Å². The molecule has 1 aromatic rings. The Balaban J connectivity index is 1.76. The van der Waals surface area contributed by atoms with Gasteiger partial charge in [-0.3, -0.25) is 4.79 Å². The smallest absolute Gasteiger partial charge is 0.260 e. The summed E-state index contributed by atoms with van der Waals surface area (Å²) in [6.07, 6.45) is 3.21. The van der Waals surface area contributed by atoms with E-state index in [-0.39, 0.29) is 18.3 Å². The topological polar surface area (TPSA) is 41.6 Å². The predicted octanol–water partition coefficient (Wildman–Crippen LogP) is 2.82. The summed E-state index contributed by atoms with van der Waals surface area (Å²) < 4.78 is 19.6. The first-order valence-electron chi connectivity index (χ1n) is 7.60. The maximum absolute atomic E-state index is 13.6. The summed E-state index contributed by atoms with van der Waals surface area (Å²) in [5.41, 5.74) is 0. The summed E-state index contributed by atoms with van der Waals surface area (Å²) in [6, 6.07) is 4.54. The number of carbonyl (C=O) groups is 1. The first-order valence-corrected chi connectivity index (χ1v) is 8.39. The van der Waals surface area contributed by atoms with Crippen molar-refractivity contribution in [3.63, 3.8) is 0 Å². The molecule has 1 saturated heterocycles. The Bertz CT molecular complexity index is 505. The molecule has 1 aromatic carbocycles. The Kier molecular flexibility index (Phi) is 6.64. The molecular weight excluding hydrogens is 351 g/mol. The van der Waals surface area contributed by atoms with E-state index in [1.807, 2.05) is 11.9 Å². The van der Waals surface area contributed by atoms with Gasteiger partial charge in [0.15, 0.2) is 18.2 Å². The summed E-state index contributed by atoms with van der Waals surface area (Å²) in [5.74, 6) is 0.254. The lowest BCUT2D eigenvalue weighted by Gasteiger charge is -2.32. The summed E-state index contributed by atoms with van der Waals surface area (Å²) in [7, 11) is 1.96. The Labute approximate surface area is 139 Å². The molecule has 0 atom stereocenters. The lowest BCUT2D eigenvalue weighted by Crippen LogP contribution is -2.41. The quantitative estimate of drug-likeness (QED) is 0.834. The van der Waals surface area contributed by atoms with Gasteiger partial charge in [-0.15, -0.1) is 0 Å². The SMILES string of the molecule is CNCCC1CCN(C(=O)COc2ccc(Br)cc2F)CC1. The number of benzene rings is 1. The maximum atomic E-state index is 13.6. The van der Waals surface area contributed by atoms with Gasteiger partial charge in [0.2, 0.25) is 0 Å². The van der Waals surface area contributed by atoms with Crippen LogP contribution >= 0.6 is 15.9 Å². The fraction of sp³-hybridized carbons (Fsp3) is 0.562. The molecule has 0 radical (unpaired) electrons. The van der Waals surface area contributed by atoms with E-state index in [1.54, 1.807) is 6.07 Å². The zero-order chi connectivity index (χ0) is 15.9. The predicted molar refractivity (Wildman–Crippen MR) is 87.4 cm³/mol. The standard InChI is InChI=1S/C16H22BrFN2O2/c1-19-7-4-12-5-8-20(9-6-12)16(21)11-22-15-3-2-13(17)10-14(15)18/h2-3,10,12,19H,4-9,11H2,1H3. The molecule has 0 unspecified atom stereocenters. The Morgan fingerprint density at radius 2 is 2.18 bits per heavy atom. The molecule has 1 heterocycles. The van der Waals surface area contributed by atoms with E-state index in [0.717, 1.165) is 38.9 Å². The Morgan fingerprint density at radius 1 is 1.45 bits per heavy atom. The van der Waals surface area contributed by atoms with E-state index in [9.17, 15) is 9.18 Å². The van der Waals surface area contributed by atoms with Gasteiger partial charge in [0, 0.05) is 17.6 Å². The van der Waals surface area contributed by atoms with Crippen molar-refractivity contribution in [1.29, 1.82) is 0 Å². The van der Waals surface area contributed by atoms with Gasteiger partial charge in [0.05, 0.1) is 0 Å². The van der Waals surface area contributed by atoms with Gasteiger partial charge in [-0.1, -0.05) is 15.9 Å². The van der Waals surface area contributed by atoms with Gasteiger partial charge in [-0.2, -0.15) is 0 Å². The highest BCUT2D eigenvalue weighted by Crippen LogP contribution is 2.22. The molecule has 0 aromatic heterocycles. The van der Waals surface area contributed by atoms with E-state index >= 15 is 0 Å². The van der Waals surface area contributed by atoms with Gasteiger partial charge >= 0.3 is 0 Å². The number of ether oxygens (including phenoxy) is 1. The minimum Gasteiger partial charge on any atom is -0.481 e. The van der Waals surface area contributed by atoms with E-state index in [2.05, 4.69) is 21.2 Å². The minimum atomic E-state index is -0.465. The first-order chi connectivity index (χ1) is 10.6. The van der Waals surface area contributed by atoms with Gasteiger partial charge in [0.25, 0.3) is 5.91 Å². The lowest BCUT2D eigenvalue weighted by molar-refractivity contribution is -0.134. The van der Waals surface area contributed by atoms with Crippen LogP contribution in [0.1, 0.15) is 19.3 Å². The highest BCUT2D eigenvalue weighted by molar-refractivity contribution is 9.10. The van der Waals surface area contributed by atoms with Crippen molar-refractivity contribution in [2.45, 2.75) is 19.3 Å². The molecule has 1 N–H and O–H groups in total. The summed E-state index contributed by atoms with van der Waals surface area (Å²) >= 11 is 3.19. The number of hydrogen-bond donors (Lipinski definition) is 1. The summed E-state index contributed by atoms with van der Waals surface area (Å²) in [5, 5.41) is 3.16. The van der Waals surface area contributed by atoms with Gasteiger partial charge in [-0.05, 0) is 57.0 Å². The number of hydrogen-bond acceptors (Lipinski definition) is 3. The third kappa shape index (κ3) is 4.95. The van der Waals surface area contributed by atoms with Crippen LogP contribution in [0.15, 0.2) is 22.7 Å². The first kappa shape index (κ1) is 17.2. The number of rotatable bonds is 6. The van der Waals surface area contributed by atoms with E-state index < -0.39 is 5.82 Å². The van der Waals surface area contributed by atoms with Crippen LogP contribution in [0.2, 0.25) is 0 Å². The fourth-order valence-corrected chi connectivity index (χ4v) is 2.98. The molecule has 122 valence electrons. The lowest BCUT2D eigenvalue weighted by atomic mass is 9.93. The summed E-state index contributed by atoms with van der Waals surface area (Å²) in [6.45, 7) is 2.43. The largest absolute Gasteiger partial charge is 0.481 e. The van der Waals surface area contributed by atoms with E-state index in [4.69, 9.17) is 4.74 Å². The molecule has 1 aliphatic heterocycles. The van der Waals surface area contributed by atoms with Crippen LogP contribution in [0.5, 0.6) is 5.75 Å². The van der Waals surface area contributed by atoms with Crippen molar-refractivity contribution >= 4 is 21.8 Å². The van der Waals surface area contributed by atoms with Crippen LogP contribution in [0.25, 0.3) is 0 Å². The zero-order valence-corrected chi connectivity index (χ0v) is 14.4. The zero-order valence-electron chi connectivity index (χ0n) is 12.8. The van der Waals surface area contributed by atoms with Crippen LogP contribution in [0.4, 0.5) is 4.39 Å². The van der Waals surface area contributed by atoms with E-state index in [0.29, 0.717) is 10.4 Å². The monoisotopic (exact) mass is 372 g/mol. The van der Waals surface area contributed by atoms with Crippen molar-refractivity contribution in [2.24, 2.45) is 5.92 Å². The highest BCUT2D eigenvalue weighted by Gasteiger charge is 2.22. The highest BCUT2D eigenvalue weighted by atomic mass is 79.9. The molecule has 1 amide bonds. The Morgan fingerprint density at radius 3 is 2.82 bits per heavy atom. The molecule has 1 aliphatic rings. The molecule has 1 fully saturated rings. The minimum absolute atomic E-state index is 0.0746. The number of carbonyl (C=O) groups excluding carboxylic acids is 1. The normalized spacial score (nSPS) is 15.9. The third-order valence-electron chi connectivity index (χ3n) is 4.01. The molecule has 2 rings (SSSR count). The average molecular weight is 373 g/mol. The molecule has 22 heavy (non-hydrogen) atoms. The molecule has 0 spiro atoms. The molecule has 0 bridgehead atoms. The van der Waals surface area contributed by atoms with Crippen LogP contribution < -0.4 is 10.1 Å². The van der Waals surface area contributed by atoms with Crippen molar-refractivity contribution in [3.8, 4) is 5.75 Å². The second kappa shape index (κ2) is 8.48. The maximum Gasteiger partial charge on any atom is 0.260 e. The summed E-state index contributed by atoms with van der Waals surface area (Å²) in [4.78, 5) is 13.9. The van der Waals surface area contributed by atoms with Crippen molar-refractivity contribution in [2.75, 3.05) is 33.3 Å². The van der Waals surface area contributed by atoms with Crippen molar-refractivity contribution in [1.82, 2.24) is 10.2 Å². The van der Waals surface area contributed by atoms with Gasteiger partial charge in [-0.25, -0.2) is 4.39 Å². The average Bonchev–Trinajstić information content (AvgIpc) is 2.52. The number of piperidine rings is 1. The second-order valence-electron chi connectivity index (χ2n) is 5.58. The number of nitrogens with zero attached hydrogens (tertiary/aromatic N) is 1. The number of nitrogens with one attached hydrogen (secondary N) is 1. The molecule has 4 nitrogen and oxygen atoms in total. The van der Waals surface area contributed by atoms with Gasteiger partial charge in [0.1, 0.15) is 0 Å². The van der Waals surface area contributed by atoms with Crippen molar-refractivity contribution < 1.29 is 13.9 Å². The van der Waals surface area contributed by atoms with Crippen LogP contribution in [-0.4, -0.2) is 44.1 Å². The number of halogens is 2. The van der Waals surface area contributed by atoms with Crippen LogP contribution in [0, 0.1) is 11.7 Å². The molecule has 0 saturated carbocycles. The van der Waals surface area contributed by atoms with Crippen molar-refractivity contribution in [3.05, 3.63) is 28.5 Å². The van der Waals surface area contributed by atoms with Crippen LogP contribution in [-0.2, 0) is 4.79 Å². The molecule has 0 aliphatic carbocycles.